The SMILES string of the molecule is Cc1nc(CN2CCN(C(=O)Nc3ncn(C(C)(C)C)n3)CC2)oc1C. The number of carbonyl (C=O) groups is 1. The smallest absolute Gasteiger partial charge is 0.324 e. The van der Waals surface area contributed by atoms with Gasteiger partial charge in [0.05, 0.1) is 17.8 Å². The van der Waals surface area contributed by atoms with Crippen LogP contribution in [0.2, 0.25) is 0 Å². The van der Waals surface area contributed by atoms with Gasteiger partial charge in [-0.15, -0.1) is 5.10 Å². The number of oxazole rings is 1. The molecule has 1 aliphatic heterocycles. The highest BCUT2D eigenvalue weighted by Gasteiger charge is 2.24. The van der Waals surface area contributed by atoms with Crippen molar-refractivity contribution >= 4 is 12.0 Å². The summed E-state index contributed by atoms with van der Waals surface area (Å²) in [6.07, 6.45) is 1.63. The third-order valence-electron chi connectivity index (χ3n) is 4.49. The molecule has 3 rings (SSSR count). The normalized spacial score (nSPS) is 16.1. The van der Waals surface area contributed by atoms with E-state index < -0.39 is 0 Å². The second-order valence-corrected chi connectivity index (χ2v) is 7.63. The van der Waals surface area contributed by atoms with E-state index in [2.05, 4.69) is 25.3 Å². The van der Waals surface area contributed by atoms with Crippen LogP contribution in [0.4, 0.5) is 10.7 Å². The summed E-state index contributed by atoms with van der Waals surface area (Å²) in [5, 5.41) is 7.09. The molecule has 0 radical (unpaired) electrons. The van der Waals surface area contributed by atoms with Crippen LogP contribution in [0.5, 0.6) is 0 Å². The number of amides is 2. The number of aryl methyl sites for hydroxylation is 2. The number of rotatable bonds is 3. The Hall–Kier alpha value is -2.42. The zero-order chi connectivity index (χ0) is 18.9. The van der Waals surface area contributed by atoms with Crippen molar-refractivity contribution in [3.63, 3.8) is 0 Å². The summed E-state index contributed by atoms with van der Waals surface area (Å²) in [7, 11) is 0. The summed E-state index contributed by atoms with van der Waals surface area (Å²) in [4.78, 5) is 25.0. The van der Waals surface area contributed by atoms with E-state index in [1.807, 2.05) is 34.6 Å². The number of piperazine rings is 1. The summed E-state index contributed by atoms with van der Waals surface area (Å²) >= 11 is 0. The summed E-state index contributed by atoms with van der Waals surface area (Å²) < 4.78 is 7.37. The second kappa shape index (κ2) is 7.06. The van der Waals surface area contributed by atoms with Crippen LogP contribution in [-0.2, 0) is 12.1 Å². The fourth-order valence-electron chi connectivity index (χ4n) is 2.73. The molecule has 0 aliphatic carbocycles. The van der Waals surface area contributed by atoms with Gasteiger partial charge in [-0.2, -0.15) is 0 Å². The molecule has 0 atom stereocenters. The van der Waals surface area contributed by atoms with Gasteiger partial charge in [-0.1, -0.05) is 0 Å². The summed E-state index contributed by atoms with van der Waals surface area (Å²) in [6.45, 7) is 13.5. The van der Waals surface area contributed by atoms with Gasteiger partial charge in [0.1, 0.15) is 12.1 Å². The fourth-order valence-corrected chi connectivity index (χ4v) is 2.73. The highest BCUT2D eigenvalue weighted by Crippen LogP contribution is 2.14. The molecule has 3 heterocycles. The Labute approximate surface area is 153 Å². The fraction of sp³-hybridized carbons (Fsp3) is 0.647. The average molecular weight is 361 g/mol. The molecule has 0 aromatic carbocycles. The van der Waals surface area contributed by atoms with Gasteiger partial charge in [-0.3, -0.25) is 10.2 Å². The molecule has 2 amide bonds. The Bertz CT molecular complexity index is 747. The molecule has 2 aromatic rings. The Morgan fingerprint density at radius 3 is 2.46 bits per heavy atom. The molecule has 0 spiro atoms. The maximum absolute atomic E-state index is 12.4. The topological polar surface area (TPSA) is 92.3 Å². The lowest BCUT2D eigenvalue weighted by Crippen LogP contribution is -2.49. The number of nitrogens with zero attached hydrogens (tertiary/aromatic N) is 6. The minimum absolute atomic E-state index is 0.167. The van der Waals surface area contributed by atoms with Crippen LogP contribution >= 0.6 is 0 Å². The van der Waals surface area contributed by atoms with E-state index in [0.717, 1.165) is 30.4 Å². The van der Waals surface area contributed by atoms with E-state index in [1.165, 1.54) is 0 Å². The van der Waals surface area contributed by atoms with E-state index in [0.29, 0.717) is 25.6 Å². The van der Waals surface area contributed by atoms with Crippen molar-refractivity contribution in [1.82, 2.24) is 29.5 Å². The van der Waals surface area contributed by atoms with Gasteiger partial charge in [0.15, 0.2) is 0 Å². The molecule has 1 aliphatic rings. The zero-order valence-corrected chi connectivity index (χ0v) is 16.1. The van der Waals surface area contributed by atoms with Crippen LogP contribution in [-0.4, -0.2) is 61.8 Å². The molecule has 2 aromatic heterocycles. The van der Waals surface area contributed by atoms with Gasteiger partial charge in [0, 0.05) is 26.2 Å². The van der Waals surface area contributed by atoms with Gasteiger partial charge < -0.3 is 9.32 Å². The lowest BCUT2D eigenvalue weighted by molar-refractivity contribution is 0.135. The minimum atomic E-state index is -0.168. The molecule has 0 saturated carbocycles. The Morgan fingerprint density at radius 2 is 1.92 bits per heavy atom. The lowest BCUT2D eigenvalue weighted by atomic mass is 10.1. The van der Waals surface area contributed by atoms with Crippen LogP contribution < -0.4 is 5.32 Å². The predicted molar refractivity (Wildman–Crippen MR) is 96.9 cm³/mol. The molecular formula is C17H27N7O2. The van der Waals surface area contributed by atoms with Gasteiger partial charge in [-0.05, 0) is 34.6 Å². The molecule has 0 unspecified atom stereocenters. The Kier molecular flexibility index (Phi) is 4.99. The Balaban J connectivity index is 1.49. The molecule has 1 saturated heterocycles. The predicted octanol–water partition coefficient (Wildman–Crippen LogP) is 1.99. The average Bonchev–Trinajstić information content (AvgIpc) is 3.15. The molecule has 9 nitrogen and oxygen atoms in total. The number of nitrogens with one attached hydrogen (secondary N) is 1. The van der Waals surface area contributed by atoms with Crippen LogP contribution in [0.25, 0.3) is 0 Å². The van der Waals surface area contributed by atoms with E-state index in [4.69, 9.17) is 4.42 Å². The highest BCUT2D eigenvalue weighted by atomic mass is 16.4. The monoisotopic (exact) mass is 361 g/mol. The number of carbonyl (C=O) groups excluding carboxylic acids is 1. The molecule has 142 valence electrons. The van der Waals surface area contributed by atoms with Gasteiger partial charge in [0.2, 0.25) is 11.8 Å². The Morgan fingerprint density at radius 1 is 1.23 bits per heavy atom. The van der Waals surface area contributed by atoms with Gasteiger partial charge in [0.25, 0.3) is 0 Å². The molecule has 0 bridgehead atoms. The maximum atomic E-state index is 12.4. The molecule has 26 heavy (non-hydrogen) atoms. The first-order chi connectivity index (χ1) is 12.2. The van der Waals surface area contributed by atoms with Gasteiger partial charge >= 0.3 is 6.03 Å². The number of anilines is 1. The number of hydrogen-bond donors (Lipinski definition) is 1. The summed E-state index contributed by atoms with van der Waals surface area (Å²) in [5.74, 6) is 1.92. The van der Waals surface area contributed by atoms with E-state index in [9.17, 15) is 4.79 Å². The van der Waals surface area contributed by atoms with E-state index >= 15 is 0 Å². The van der Waals surface area contributed by atoms with Crippen molar-refractivity contribution < 1.29 is 9.21 Å². The number of aromatic nitrogens is 4. The van der Waals surface area contributed by atoms with Crippen LogP contribution in [0, 0.1) is 13.8 Å². The summed E-state index contributed by atoms with van der Waals surface area (Å²) in [6, 6.07) is -0.167. The number of urea groups is 1. The second-order valence-electron chi connectivity index (χ2n) is 7.63. The third-order valence-corrected chi connectivity index (χ3v) is 4.49. The minimum Gasteiger partial charge on any atom is -0.444 e. The van der Waals surface area contributed by atoms with Crippen LogP contribution in [0.15, 0.2) is 10.7 Å². The molecule has 9 heteroatoms. The van der Waals surface area contributed by atoms with Gasteiger partial charge in [-0.25, -0.2) is 19.4 Å². The maximum Gasteiger partial charge on any atom is 0.324 e. The van der Waals surface area contributed by atoms with Crippen molar-refractivity contribution in [2.75, 3.05) is 31.5 Å². The highest BCUT2D eigenvalue weighted by molar-refractivity contribution is 5.87. The third kappa shape index (κ3) is 4.21. The number of hydrogen-bond acceptors (Lipinski definition) is 6. The first kappa shape index (κ1) is 18.4. The van der Waals surface area contributed by atoms with E-state index in [1.54, 1.807) is 15.9 Å². The first-order valence-corrected chi connectivity index (χ1v) is 8.86. The largest absolute Gasteiger partial charge is 0.444 e. The standard InChI is InChI=1S/C17H27N7O2/c1-12-13(2)26-14(19-12)10-22-6-8-23(9-7-22)16(25)20-15-18-11-24(21-15)17(3,4)5/h11H,6-10H2,1-5H3,(H,20,21,25). The van der Waals surface area contributed by atoms with Crippen molar-refractivity contribution in [3.05, 3.63) is 23.7 Å². The van der Waals surface area contributed by atoms with Crippen molar-refractivity contribution in [2.24, 2.45) is 0 Å². The van der Waals surface area contributed by atoms with E-state index in [-0.39, 0.29) is 11.6 Å². The van der Waals surface area contributed by atoms with Crippen molar-refractivity contribution in [2.45, 2.75) is 46.7 Å². The molecule has 1 N–H and O–H groups in total. The first-order valence-electron chi connectivity index (χ1n) is 8.86. The lowest BCUT2D eigenvalue weighted by Gasteiger charge is -2.33. The quantitative estimate of drug-likeness (QED) is 0.899. The van der Waals surface area contributed by atoms with Crippen molar-refractivity contribution in [3.8, 4) is 0 Å². The zero-order valence-electron chi connectivity index (χ0n) is 16.1. The molecule has 1 fully saturated rings. The molecular weight excluding hydrogens is 334 g/mol. The van der Waals surface area contributed by atoms with Crippen molar-refractivity contribution in [1.29, 1.82) is 0 Å². The van der Waals surface area contributed by atoms with Crippen LogP contribution in [0.3, 0.4) is 0 Å². The van der Waals surface area contributed by atoms with Crippen LogP contribution in [0.1, 0.15) is 38.1 Å². The summed E-state index contributed by atoms with van der Waals surface area (Å²) in [5.41, 5.74) is 0.762.